The molecule has 0 aliphatic carbocycles. The molecule has 1 N–H and O–H groups in total. The predicted octanol–water partition coefficient (Wildman–Crippen LogP) is 2.35. The summed E-state index contributed by atoms with van der Waals surface area (Å²) in [6.07, 6.45) is -0.236. The standard InChI is InChI=1S/C11H22O4/c1-6-11(5,13)9(4)7-14-10(12)15-8(2)3/h8-9,13H,6-7H2,1-5H3. The van der Waals surface area contributed by atoms with Gasteiger partial charge in [0.2, 0.25) is 0 Å². The van der Waals surface area contributed by atoms with Crippen LogP contribution in [0.3, 0.4) is 0 Å². The molecule has 15 heavy (non-hydrogen) atoms. The average molecular weight is 218 g/mol. The molecule has 0 aromatic rings. The lowest BCUT2D eigenvalue weighted by molar-refractivity contribution is -0.0377. The second-order valence-electron chi connectivity index (χ2n) is 4.34. The molecule has 0 fully saturated rings. The SMILES string of the molecule is CCC(C)(O)C(C)COC(=O)OC(C)C. The van der Waals surface area contributed by atoms with Gasteiger partial charge in [0.05, 0.1) is 11.7 Å². The Hall–Kier alpha value is -0.770. The van der Waals surface area contributed by atoms with Gasteiger partial charge >= 0.3 is 6.16 Å². The van der Waals surface area contributed by atoms with E-state index in [1.54, 1.807) is 20.8 Å². The van der Waals surface area contributed by atoms with Crippen molar-refractivity contribution in [2.75, 3.05) is 6.61 Å². The fourth-order valence-corrected chi connectivity index (χ4v) is 0.948. The Kier molecular flexibility index (Phi) is 5.65. The lowest BCUT2D eigenvalue weighted by Gasteiger charge is -2.28. The van der Waals surface area contributed by atoms with Crippen molar-refractivity contribution < 1.29 is 19.4 Å². The summed E-state index contributed by atoms with van der Waals surface area (Å²) >= 11 is 0. The maximum Gasteiger partial charge on any atom is 0.508 e. The third-order valence-corrected chi connectivity index (χ3v) is 2.56. The summed E-state index contributed by atoms with van der Waals surface area (Å²) in [7, 11) is 0. The molecule has 0 rings (SSSR count). The van der Waals surface area contributed by atoms with Gasteiger partial charge in [-0.1, -0.05) is 13.8 Å². The number of hydrogen-bond acceptors (Lipinski definition) is 4. The number of aliphatic hydroxyl groups is 1. The maximum atomic E-state index is 11.0. The third-order valence-electron chi connectivity index (χ3n) is 2.56. The van der Waals surface area contributed by atoms with Crippen LogP contribution in [0.4, 0.5) is 4.79 Å². The van der Waals surface area contributed by atoms with Crippen LogP contribution in [0.5, 0.6) is 0 Å². The molecule has 0 saturated carbocycles. The normalized spacial score (nSPS) is 17.0. The van der Waals surface area contributed by atoms with Crippen LogP contribution < -0.4 is 0 Å². The molecule has 0 saturated heterocycles. The van der Waals surface area contributed by atoms with Gasteiger partial charge < -0.3 is 14.6 Å². The number of ether oxygens (including phenoxy) is 2. The van der Waals surface area contributed by atoms with Crippen LogP contribution in [0, 0.1) is 5.92 Å². The monoisotopic (exact) mass is 218 g/mol. The van der Waals surface area contributed by atoms with E-state index < -0.39 is 11.8 Å². The Morgan fingerprint density at radius 2 is 1.93 bits per heavy atom. The van der Waals surface area contributed by atoms with Crippen molar-refractivity contribution in [3.63, 3.8) is 0 Å². The topological polar surface area (TPSA) is 55.8 Å². The fourth-order valence-electron chi connectivity index (χ4n) is 0.948. The molecular weight excluding hydrogens is 196 g/mol. The molecule has 0 spiro atoms. The summed E-state index contributed by atoms with van der Waals surface area (Å²) < 4.78 is 9.69. The Morgan fingerprint density at radius 3 is 2.33 bits per heavy atom. The zero-order valence-corrected chi connectivity index (χ0v) is 10.2. The molecule has 4 nitrogen and oxygen atoms in total. The first-order valence-corrected chi connectivity index (χ1v) is 5.35. The Balaban J connectivity index is 3.90. The Morgan fingerprint density at radius 1 is 1.40 bits per heavy atom. The molecule has 4 heteroatoms. The summed E-state index contributed by atoms with van der Waals surface area (Å²) in [5, 5.41) is 9.85. The van der Waals surface area contributed by atoms with Gasteiger partial charge in [-0.25, -0.2) is 4.79 Å². The first-order valence-electron chi connectivity index (χ1n) is 5.35. The largest absolute Gasteiger partial charge is 0.508 e. The van der Waals surface area contributed by atoms with Gasteiger partial charge in [0.1, 0.15) is 6.61 Å². The van der Waals surface area contributed by atoms with Crippen molar-refractivity contribution in [3.8, 4) is 0 Å². The summed E-state index contributed by atoms with van der Waals surface area (Å²) in [4.78, 5) is 11.0. The smallest absolute Gasteiger partial charge is 0.434 e. The van der Waals surface area contributed by atoms with Crippen LogP contribution in [0.25, 0.3) is 0 Å². The second kappa shape index (κ2) is 5.95. The van der Waals surface area contributed by atoms with Gasteiger partial charge in [-0.15, -0.1) is 0 Å². The van der Waals surface area contributed by atoms with Crippen molar-refractivity contribution in [1.29, 1.82) is 0 Å². The Bertz CT molecular complexity index is 199. The van der Waals surface area contributed by atoms with Crippen LogP contribution in [0.1, 0.15) is 41.0 Å². The van der Waals surface area contributed by atoms with Crippen molar-refractivity contribution in [2.24, 2.45) is 5.92 Å². The van der Waals surface area contributed by atoms with E-state index in [0.29, 0.717) is 6.42 Å². The van der Waals surface area contributed by atoms with Crippen molar-refractivity contribution in [2.45, 2.75) is 52.7 Å². The molecule has 0 radical (unpaired) electrons. The Labute approximate surface area is 91.6 Å². The molecule has 0 aliphatic rings. The van der Waals surface area contributed by atoms with E-state index in [0.717, 1.165) is 0 Å². The van der Waals surface area contributed by atoms with Crippen molar-refractivity contribution in [3.05, 3.63) is 0 Å². The van der Waals surface area contributed by atoms with Crippen LogP contribution in [-0.4, -0.2) is 29.6 Å². The van der Waals surface area contributed by atoms with Crippen LogP contribution in [0.15, 0.2) is 0 Å². The molecule has 2 unspecified atom stereocenters. The molecule has 0 amide bonds. The minimum Gasteiger partial charge on any atom is -0.434 e. The third kappa shape index (κ3) is 5.62. The van der Waals surface area contributed by atoms with Gasteiger partial charge in [-0.3, -0.25) is 0 Å². The molecule has 2 atom stereocenters. The number of carbonyl (C=O) groups is 1. The van der Waals surface area contributed by atoms with Crippen molar-refractivity contribution >= 4 is 6.16 Å². The lowest BCUT2D eigenvalue weighted by atomic mass is 9.89. The molecule has 0 heterocycles. The molecule has 90 valence electrons. The average Bonchev–Trinajstić information content (AvgIpc) is 2.13. The molecule has 0 aromatic carbocycles. The highest BCUT2D eigenvalue weighted by atomic mass is 16.7. The van der Waals surface area contributed by atoms with Gasteiger partial charge in [-0.2, -0.15) is 0 Å². The lowest BCUT2D eigenvalue weighted by Crippen LogP contribution is -2.35. The highest BCUT2D eigenvalue weighted by Crippen LogP contribution is 2.20. The van der Waals surface area contributed by atoms with Gasteiger partial charge in [-0.05, 0) is 27.2 Å². The van der Waals surface area contributed by atoms with Gasteiger partial charge in [0, 0.05) is 5.92 Å². The van der Waals surface area contributed by atoms with E-state index in [1.807, 2.05) is 13.8 Å². The fraction of sp³-hybridized carbons (Fsp3) is 0.909. The number of hydrogen-bond donors (Lipinski definition) is 1. The van der Waals surface area contributed by atoms with Crippen LogP contribution >= 0.6 is 0 Å². The zero-order chi connectivity index (χ0) is 12.1. The van der Waals surface area contributed by atoms with E-state index in [2.05, 4.69) is 0 Å². The highest BCUT2D eigenvalue weighted by Gasteiger charge is 2.27. The summed E-state index contributed by atoms with van der Waals surface area (Å²) in [6, 6.07) is 0. The predicted molar refractivity (Wildman–Crippen MR) is 57.6 cm³/mol. The minimum absolute atomic E-state index is 0.109. The van der Waals surface area contributed by atoms with E-state index in [-0.39, 0.29) is 18.6 Å². The van der Waals surface area contributed by atoms with Crippen LogP contribution in [0.2, 0.25) is 0 Å². The first-order chi connectivity index (χ1) is 6.79. The first kappa shape index (κ1) is 14.2. The molecule has 0 aromatic heterocycles. The molecule has 0 aliphatic heterocycles. The van der Waals surface area contributed by atoms with E-state index >= 15 is 0 Å². The van der Waals surface area contributed by atoms with E-state index in [1.165, 1.54) is 0 Å². The minimum atomic E-state index is -0.807. The maximum absolute atomic E-state index is 11.0. The number of rotatable bonds is 5. The molecule has 0 bridgehead atoms. The summed E-state index contributed by atoms with van der Waals surface area (Å²) in [6.45, 7) is 9.15. The highest BCUT2D eigenvalue weighted by molar-refractivity contribution is 5.60. The van der Waals surface area contributed by atoms with Crippen LogP contribution in [-0.2, 0) is 9.47 Å². The quantitative estimate of drug-likeness (QED) is 0.720. The number of carbonyl (C=O) groups excluding carboxylic acids is 1. The molecular formula is C11H22O4. The second-order valence-corrected chi connectivity index (χ2v) is 4.34. The van der Waals surface area contributed by atoms with E-state index in [4.69, 9.17) is 9.47 Å². The summed E-state index contributed by atoms with van der Waals surface area (Å²) in [5.74, 6) is -0.109. The zero-order valence-electron chi connectivity index (χ0n) is 10.2. The summed E-state index contributed by atoms with van der Waals surface area (Å²) in [5.41, 5.74) is -0.807. The van der Waals surface area contributed by atoms with Gasteiger partial charge in [0.15, 0.2) is 0 Å². The van der Waals surface area contributed by atoms with Gasteiger partial charge in [0.25, 0.3) is 0 Å². The van der Waals surface area contributed by atoms with E-state index in [9.17, 15) is 9.90 Å². The van der Waals surface area contributed by atoms with Crippen molar-refractivity contribution in [1.82, 2.24) is 0 Å².